The molecule has 2 heterocycles. The van der Waals surface area contributed by atoms with Crippen LogP contribution in [0.15, 0.2) is 41.4 Å². The van der Waals surface area contributed by atoms with Crippen molar-refractivity contribution >= 4 is 26.8 Å². The molecule has 1 amide bonds. The van der Waals surface area contributed by atoms with E-state index in [2.05, 4.69) is 9.71 Å². The number of amides is 1. The van der Waals surface area contributed by atoms with E-state index in [1.807, 2.05) is 0 Å². The van der Waals surface area contributed by atoms with E-state index in [4.69, 9.17) is 4.74 Å². The van der Waals surface area contributed by atoms with Gasteiger partial charge in [-0.2, -0.15) is 0 Å². The molecule has 122 valence electrons. The molecule has 1 aromatic heterocycles. The molecule has 7 heteroatoms. The van der Waals surface area contributed by atoms with E-state index in [0.29, 0.717) is 17.5 Å². The number of nitrogens with one attached hydrogen (secondary N) is 1. The number of carbonyl (C=O) groups excluding carboxylic acids is 1. The highest BCUT2D eigenvalue weighted by molar-refractivity contribution is 7.90. The standard InChI is InChI=1S/C16H18N2O4S/c19-15(11-13-7-1-2-10-22-13)18-23(20,21)14-8-3-5-12-6-4-9-17-16(12)14/h3-6,8-9,13H,1-2,7,10-11H2,(H,18,19)/t13-/m0/s1. The van der Waals surface area contributed by atoms with Gasteiger partial charge >= 0.3 is 0 Å². The number of sulfonamides is 1. The topological polar surface area (TPSA) is 85.4 Å². The Morgan fingerprint density at radius 1 is 1.26 bits per heavy atom. The van der Waals surface area contributed by atoms with Crippen molar-refractivity contribution in [3.63, 3.8) is 0 Å². The van der Waals surface area contributed by atoms with Crippen LogP contribution in [-0.4, -0.2) is 32.0 Å². The molecular formula is C16H18N2O4S. The van der Waals surface area contributed by atoms with Crippen molar-refractivity contribution in [3.05, 3.63) is 36.5 Å². The monoisotopic (exact) mass is 334 g/mol. The van der Waals surface area contributed by atoms with Crippen LogP contribution in [0.5, 0.6) is 0 Å². The van der Waals surface area contributed by atoms with Gasteiger partial charge in [-0.15, -0.1) is 0 Å². The molecule has 1 atom stereocenters. The zero-order chi connectivity index (χ0) is 16.3. The second kappa shape index (κ2) is 6.64. The Balaban J connectivity index is 1.79. The zero-order valence-electron chi connectivity index (χ0n) is 12.6. The van der Waals surface area contributed by atoms with E-state index >= 15 is 0 Å². The van der Waals surface area contributed by atoms with Gasteiger partial charge in [-0.05, 0) is 31.4 Å². The minimum absolute atomic E-state index is 0.00788. The lowest BCUT2D eigenvalue weighted by Gasteiger charge is -2.21. The molecule has 1 fully saturated rings. The lowest BCUT2D eigenvalue weighted by atomic mass is 10.1. The van der Waals surface area contributed by atoms with Crippen LogP contribution >= 0.6 is 0 Å². The molecule has 0 aliphatic carbocycles. The molecule has 1 aromatic carbocycles. The molecule has 0 spiro atoms. The summed E-state index contributed by atoms with van der Waals surface area (Å²) in [5, 5.41) is 0.707. The molecule has 0 radical (unpaired) electrons. The summed E-state index contributed by atoms with van der Waals surface area (Å²) in [6.07, 6.45) is 4.14. The van der Waals surface area contributed by atoms with Gasteiger partial charge in [0.05, 0.1) is 18.0 Å². The first-order valence-corrected chi connectivity index (χ1v) is 9.05. The first-order chi connectivity index (χ1) is 11.1. The molecule has 6 nitrogen and oxygen atoms in total. The van der Waals surface area contributed by atoms with Gasteiger partial charge < -0.3 is 4.74 Å². The van der Waals surface area contributed by atoms with Crippen molar-refractivity contribution in [2.45, 2.75) is 36.7 Å². The van der Waals surface area contributed by atoms with Crippen LogP contribution in [0, 0.1) is 0 Å². The second-order valence-corrected chi connectivity index (χ2v) is 7.20. The van der Waals surface area contributed by atoms with Gasteiger partial charge in [0.15, 0.2) is 0 Å². The third-order valence-electron chi connectivity index (χ3n) is 3.82. The quantitative estimate of drug-likeness (QED) is 0.924. The highest BCUT2D eigenvalue weighted by Gasteiger charge is 2.24. The molecule has 1 aliphatic rings. The minimum Gasteiger partial charge on any atom is -0.378 e. The third kappa shape index (κ3) is 3.68. The lowest BCUT2D eigenvalue weighted by Crippen LogP contribution is -2.34. The van der Waals surface area contributed by atoms with Gasteiger partial charge in [-0.25, -0.2) is 13.1 Å². The molecule has 3 rings (SSSR count). The fraction of sp³-hybridized carbons (Fsp3) is 0.375. The predicted octanol–water partition coefficient (Wildman–Crippen LogP) is 2.00. The van der Waals surface area contributed by atoms with Crippen LogP contribution in [0.3, 0.4) is 0 Å². The summed E-state index contributed by atoms with van der Waals surface area (Å²) in [7, 11) is -3.95. The molecule has 23 heavy (non-hydrogen) atoms. The Labute approximate surface area is 134 Å². The van der Waals surface area contributed by atoms with Gasteiger partial charge in [0.1, 0.15) is 4.90 Å². The molecule has 1 aliphatic heterocycles. The smallest absolute Gasteiger partial charge is 0.266 e. The van der Waals surface area contributed by atoms with E-state index in [0.717, 1.165) is 19.3 Å². The summed E-state index contributed by atoms with van der Waals surface area (Å²) in [5.41, 5.74) is 0.351. The van der Waals surface area contributed by atoms with E-state index in [-0.39, 0.29) is 17.4 Å². The van der Waals surface area contributed by atoms with Crippen LogP contribution < -0.4 is 4.72 Å². The van der Waals surface area contributed by atoms with Crippen molar-refractivity contribution in [3.8, 4) is 0 Å². The average Bonchev–Trinajstić information content (AvgIpc) is 2.54. The number of para-hydroxylation sites is 1. The van der Waals surface area contributed by atoms with Gasteiger partial charge in [0, 0.05) is 18.2 Å². The molecule has 1 N–H and O–H groups in total. The maximum atomic E-state index is 12.5. The van der Waals surface area contributed by atoms with Crippen LogP contribution in [0.2, 0.25) is 0 Å². The Kier molecular flexibility index (Phi) is 4.58. The number of benzene rings is 1. The van der Waals surface area contributed by atoms with Crippen LogP contribution in [0.1, 0.15) is 25.7 Å². The first-order valence-electron chi connectivity index (χ1n) is 7.57. The van der Waals surface area contributed by atoms with Crippen molar-refractivity contribution in [2.24, 2.45) is 0 Å². The van der Waals surface area contributed by atoms with Crippen LogP contribution in [0.4, 0.5) is 0 Å². The predicted molar refractivity (Wildman–Crippen MR) is 85.3 cm³/mol. The van der Waals surface area contributed by atoms with Crippen molar-refractivity contribution in [2.75, 3.05) is 6.61 Å². The number of rotatable bonds is 4. The highest BCUT2D eigenvalue weighted by Crippen LogP contribution is 2.21. The van der Waals surface area contributed by atoms with Crippen molar-refractivity contribution < 1.29 is 17.9 Å². The normalized spacial score (nSPS) is 18.7. The van der Waals surface area contributed by atoms with Gasteiger partial charge in [0.25, 0.3) is 10.0 Å². The molecule has 1 saturated heterocycles. The Morgan fingerprint density at radius 3 is 2.87 bits per heavy atom. The number of aromatic nitrogens is 1. The minimum atomic E-state index is -3.95. The number of fused-ring (bicyclic) bond motifs is 1. The number of carbonyl (C=O) groups is 1. The summed E-state index contributed by atoms with van der Waals surface area (Å²) in [5.74, 6) is -0.551. The van der Waals surface area contributed by atoms with Crippen LogP contribution in [0.25, 0.3) is 10.9 Å². The second-order valence-electron chi connectivity index (χ2n) is 5.55. The number of nitrogens with zero attached hydrogens (tertiary/aromatic N) is 1. The lowest BCUT2D eigenvalue weighted by molar-refractivity contribution is -0.123. The summed E-state index contributed by atoms with van der Waals surface area (Å²) in [6, 6.07) is 8.37. The Bertz CT molecular complexity index is 808. The van der Waals surface area contributed by atoms with Crippen molar-refractivity contribution in [1.82, 2.24) is 9.71 Å². The third-order valence-corrected chi connectivity index (χ3v) is 5.23. The van der Waals surface area contributed by atoms with Gasteiger partial charge in [0.2, 0.25) is 5.91 Å². The number of hydrogen-bond donors (Lipinski definition) is 1. The maximum absolute atomic E-state index is 12.5. The maximum Gasteiger partial charge on any atom is 0.266 e. The number of pyridine rings is 1. The molecule has 2 aromatic rings. The number of ether oxygens (including phenoxy) is 1. The summed E-state index contributed by atoms with van der Waals surface area (Å²) in [6.45, 7) is 0.623. The molecule has 0 unspecified atom stereocenters. The fourth-order valence-corrected chi connectivity index (χ4v) is 3.89. The van der Waals surface area contributed by atoms with E-state index in [9.17, 15) is 13.2 Å². The summed E-state index contributed by atoms with van der Waals surface area (Å²) < 4.78 is 32.6. The zero-order valence-corrected chi connectivity index (χ0v) is 13.4. The Hall–Kier alpha value is -1.99. The van der Waals surface area contributed by atoms with E-state index in [1.165, 1.54) is 12.3 Å². The fourth-order valence-electron chi connectivity index (χ4n) is 2.71. The summed E-state index contributed by atoms with van der Waals surface area (Å²) in [4.78, 5) is 16.2. The Morgan fingerprint density at radius 2 is 2.09 bits per heavy atom. The molecule has 0 saturated carbocycles. The SMILES string of the molecule is O=C(C[C@@H]1CCCCO1)NS(=O)(=O)c1cccc2cccnc12. The number of hydrogen-bond acceptors (Lipinski definition) is 5. The highest BCUT2D eigenvalue weighted by atomic mass is 32.2. The first kappa shape index (κ1) is 15.9. The average molecular weight is 334 g/mol. The molecular weight excluding hydrogens is 316 g/mol. The summed E-state index contributed by atoms with van der Waals surface area (Å²) >= 11 is 0. The largest absolute Gasteiger partial charge is 0.378 e. The van der Waals surface area contributed by atoms with Gasteiger partial charge in [-0.3, -0.25) is 9.78 Å². The van der Waals surface area contributed by atoms with E-state index in [1.54, 1.807) is 24.3 Å². The van der Waals surface area contributed by atoms with Crippen LogP contribution in [-0.2, 0) is 19.6 Å². The molecule has 0 bridgehead atoms. The van der Waals surface area contributed by atoms with Crippen molar-refractivity contribution in [1.29, 1.82) is 0 Å². The van der Waals surface area contributed by atoms with E-state index < -0.39 is 15.9 Å². The van der Waals surface area contributed by atoms with Gasteiger partial charge in [-0.1, -0.05) is 18.2 Å².